The Morgan fingerprint density at radius 3 is 2.64 bits per heavy atom. The molecule has 208 valence electrons. The van der Waals surface area contributed by atoms with Gasteiger partial charge in [-0.1, -0.05) is 23.8 Å². The fraction of sp³-hybridized carbons (Fsp3) is 0.407. The number of nitrogens with zero attached hydrogens (tertiary/aromatic N) is 3. The van der Waals surface area contributed by atoms with E-state index in [0.29, 0.717) is 17.7 Å². The van der Waals surface area contributed by atoms with Gasteiger partial charge in [-0.25, -0.2) is 13.4 Å². The van der Waals surface area contributed by atoms with Crippen molar-refractivity contribution >= 4 is 27.7 Å². The molecule has 0 bridgehead atoms. The highest BCUT2D eigenvalue weighted by molar-refractivity contribution is 7.89. The van der Waals surface area contributed by atoms with Crippen molar-refractivity contribution in [2.45, 2.75) is 63.9 Å². The number of benzene rings is 1. The summed E-state index contributed by atoms with van der Waals surface area (Å²) in [6.07, 6.45) is 6.67. The van der Waals surface area contributed by atoms with E-state index in [1.165, 1.54) is 11.8 Å². The number of nitrogens with one attached hydrogen (secondary N) is 3. The molecule has 0 aliphatic carbocycles. The van der Waals surface area contributed by atoms with E-state index in [2.05, 4.69) is 31.5 Å². The van der Waals surface area contributed by atoms with Crippen molar-refractivity contribution < 1.29 is 23.1 Å². The lowest BCUT2D eigenvalue weighted by molar-refractivity contribution is -0.138. The first-order valence-electron chi connectivity index (χ1n) is 12.9. The van der Waals surface area contributed by atoms with Gasteiger partial charge >= 0.3 is 5.97 Å². The largest absolute Gasteiger partial charge is 0.480 e. The van der Waals surface area contributed by atoms with Gasteiger partial charge in [0.05, 0.1) is 16.7 Å². The first kappa shape index (κ1) is 28.2. The number of rotatable bonds is 11. The number of aromatic nitrogens is 3. The third kappa shape index (κ3) is 7.01. The van der Waals surface area contributed by atoms with E-state index in [4.69, 9.17) is 0 Å². The topological polar surface area (TPSA) is 155 Å². The smallest absolute Gasteiger partial charge is 0.323 e. The number of fused-ring (bicyclic) bond motifs is 1. The van der Waals surface area contributed by atoms with Crippen LogP contribution in [0.1, 0.15) is 51.1 Å². The number of carboxylic acid groups (broad SMARTS) is 1. The van der Waals surface area contributed by atoms with Crippen LogP contribution in [0.25, 0.3) is 0 Å². The van der Waals surface area contributed by atoms with Crippen LogP contribution in [0.5, 0.6) is 0 Å². The number of amides is 1. The van der Waals surface area contributed by atoms with E-state index in [1.54, 1.807) is 36.9 Å². The van der Waals surface area contributed by atoms with Gasteiger partial charge in [0.1, 0.15) is 11.9 Å². The van der Waals surface area contributed by atoms with Crippen LogP contribution in [0.3, 0.4) is 0 Å². The molecule has 0 radical (unpaired) electrons. The Morgan fingerprint density at radius 1 is 1.18 bits per heavy atom. The highest BCUT2D eigenvalue weighted by atomic mass is 32.2. The number of anilines is 1. The van der Waals surface area contributed by atoms with Crippen LogP contribution < -0.4 is 15.4 Å². The third-order valence-corrected chi connectivity index (χ3v) is 8.38. The number of carbonyl (C=O) groups excluding carboxylic acids is 1. The Kier molecular flexibility index (Phi) is 8.66. The molecule has 0 fully saturated rings. The summed E-state index contributed by atoms with van der Waals surface area (Å²) in [6, 6.07) is 6.05. The maximum absolute atomic E-state index is 13.0. The number of aliphatic carboxylic acids is 1. The number of hydrogen-bond acceptors (Lipinski definition) is 7. The van der Waals surface area contributed by atoms with Gasteiger partial charge in [0.15, 0.2) is 0 Å². The van der Waals surface area contributed by atoms with E-state index >= 15 is 0 Å². The molecule has 1 aromatic carbocycles. The quantitative estimate of drug-likeness (QED) is 0.282. The molecule has 3 aromatic rings. The fourth-order valence-electron chi connectivity index (χ4n) is 4.85. The molecular formula is C27H34N6O5S. The molecule has 1 aliphatic rings. The van der Waals surface area contributed by atoms with Gasteiger partial charge in [-0.2, -0.15) is 9.82 Å². The molecule has 12 heteroatoms. The van der Waals surface area contributed by atoms with Gasteiger partial charge in [0.2, 0.25) is 10.0 Å². The Hall–Kier alpha value is -3.77. The highest BCUT2D eigenvalue weighted by Crippen LogP contribution is 2.22. The van der Waals surface area contributed by atoms with Crippen LogP contribution >= 0.6 is 0 Å². The van der Waals surface area contributed by atoms with E-state index < -0.39 is 34.5 Å². The zero-order chi connectivity index (χ0) is 28.2. The minimum absolute atomic E-state index is 0.0359. The van der Waals surface area contributed by atoms with Crippen molar-refractivity contribution in [1.29, 1.82) is 0 Å². The number of pyridine rings is 1. The zero-order valence-electron chi connectivity index (χ0n) is 22.3. The number of hydrogen-bond donors (Lipinski definition) is 4. The molecule has 0 saturated heterocycles. The van der Waals surface area contributed by atoms with Crippen molar-refractivity contribution in [3.05, 3.63) is 70.2 Å². The zero-order valence-corrected chi connectivity index (χ0v) is 23.1. The molecule has 4 N–H and O–H groups in total. The van der Waals surface area contributed by atoms with E-state index in [9.17, 15) is 23.1 Å². The first-order chi connectivity index (χ1) is 18.5. The lowest BCUT2D eigenvalue weighted by Gasteiger charge is -2.18. The Morgan fingerprint density at radius 2 is 1.92 bits per heavy atom. The van der Waals surface area contributed by atoms with E-state index in [-0.39, 0.29) is 10.5 Å². The minimum atomic E-state index is -4.14. The summed E-state index contributed by atoms with van der Waals surface area (Å²) >= 11 is 0. The number of sulfonamides is 1. The molecule has 1 amide bonds. The number of carbonyl (C=O) groups is 2. The second-order valence-electron chi connectivity index (χ2n) is 9.89. The van der Waals surface area contributed by atoms with Crippen LogP contribution in [0, 0.1) is 20.8 Å². The lowest BCUT2D eigenvalue weighted by Crippen LogP contribution is -2.48. The molecular weight excluding hydrogens is 520 g/mol. The van der Waals surface area contributed by atoms with Crippen LogP contribution in [0.2, 0.25) is 0 Å². The summed E-state index contributed by atoms with van der Waals surface area (Å²) in [5.41, 5.74) is 4.42. The standard InChI is InChI=1S/C27H34N6O5S/c1-17-12-18(2)24(19(3)13-17)39(37,38)32-23(27(35)36)15-29-26(34)21-14-30-33(16-21)11-5-7-22-9-8-20-6-4-10-28-25(20)31-22/h8-9,12-14,16,23,32H,4-7,10-11,15H2,1-3H3,(H,28,31)(H,29,34)(H,35,36)/t23-/m0/s1. The van der Waals surface area contributed by atoms with Crippen molar-refractivity contribution in [3.63, 3.8) is 0 Å². The van der Waals surface area contributed by atoms with Gasteiger partial charge in [-0.05, 0) is 69.2 Å². The summed E-state index contributed by atoms with van der Waals surface area (Å²) in [4.78, 5) is 29.2. The summed E-state index contributed by atoms with van der Waals surface area (Å²) < 4.78 is 29.8. The van der Waals surface area contributed by atoms with Crippen molar-refractivity contribution in [2.24, 2.45) is 0 Å². The van der Waals surface area contributed by atoms with E-state index in [0.717, 1.165) is 49.3 Å². The predicted octanol–water partition coefficient (Wildman–Crippen LogP) is 2.36. The minimum Gasteiger partial charge on any atom is -0.480 e. The predicted molar refractivity (Wildman–Crippen MR) is 146 cm³/mol. The third-order valence-electron chi connectivity index (χ3n) is 6.60. The molecule has 3 heterocycles. The molecule has 0 saturated carbocycles. The number of aryl methyl sites for hydroxylation is 6. The molecule has 2 aromatic heterocycles. The normalized spacial score (nSPS) is 13.8. The molecule has 1 atom stereocenters. The monoisotopic (exact) mass is 554 g/mol. The average molecular weight is 555 g/mol. The molecule has 0 spiro atoms. The molecule has 11 nitrogen and oxygen atoms in total. The average Bonchev–Trinajstić information content (AvgIpc) is 3.34. The first-order valence-corrected chi connectivity index (χ1v) is 14.4. The van der Waals surface area contributed by atoms with Crippen LogP contribution in [0.15, 0.2) is 41.6 Å². The van der Waals surface area contributed by atoms with E-state index in [1.807, 2.05) is 13.0 Å². The molecule has 0 unspecified atom stereocenters. The maximum atomic E-state index is 13.0. The van der Waals surface area contributed by atoms with Crippen LogP contribution in [-0.4, -0.2) is 59.3 Å². The SMILES string of the molecule is Cc1cc(C)c(S(=O)(=O)N[C@@H](CNC(=O)c2cnn(CCCc3ccc4c(n3)NCCC4)c2)C(=O)O)c(C)c1. The van der Waals surface area contributed by atoms with Crippen LogP contribution in [-0.2, 0) is 34.2 Å². The second-order valence-corrected chi connectivity index (χ2v) is 11.5. The summed E-state index contributed by atoms with van der Waals surface area (Å²) in [6.45, 7) is 6.25. The summed E-state index contributed by atoms with van der Waals surface area (Å²) in [5.74, 6) is -0.984. The van der Waals surface area contributed by atoms with Crippen molar-refractivity contribution in [2.75, 3.05) is 18.4 Å². The molecule has 1 aliphatic heterocycles. The van der Waals surface area contributed by atoms with Crippen molar-refractivity contribution in [1.82, 2.24) is 24.8 Å². The Balaban J connectivity index is 1.31. The second kappa shape index (κ2) is 12.0. The Bertz CT molecular complexity index is 1460. The summed E-state index contributed by atoms with van der Waals surface area (Å²) in [7, 11) is -4.14. The van der Waals surface area contributed by atoms with Gasteiger partial charge in [0, 0.05) is 31.5 Å². The number of carboxylic acids is 1. The van der Waals surface area contributed by atoms with Gasteiger partial charge in [0.25, 0.3) is 5.91 Å². The Labute approximate surface area is 228 Å². The summed E-state index contributed by atoms with van der Waals surface area (Å²) in [5, 5.41) is 19.7. The molecule has 39 heavy (non-hydrogen) atoms. The maximum Gasteiger partial charge on any atom is 0.323 e. The van der Waals surface area contributed by atoms with Gasteiger partial charge < -0.3 is 15.7 Å². The van der Waals surface area contributed by atoms with Crippen LogP contribution in [0.4, 0.5) is 5.82 Å². The van der Waals surface area contributed by atoms with Gasteiger partial charge in [-0.3, -0.25) is 14.3 Å². The van der Waals surface area contributed by atoms with Crippen molar-refractivity contribution in [3.8, 4) is 0 Å². The lowest BCUT2D eigenvalue weighted by atomic mass is 10.1. The molecule has 4 rings (SSSR count). The van der Waals surface area contributed by atoms with Gasteiger partial charge in [-0.15, -0.1) is 0 Å². The highest BCUT2D eigenvalue weighted by Gasteiger charge is 2.28. The fourth-order valence-corrected chi connectivity index (χ4v) is 6.49.